The molecule has 0 aliphatic carbocycles. The number of ether oxygens (including phenoxy) is 1. The molecule has 2 rings (SSSR count). The number of likely N-dealkylation sites (tertiary alicyclic amines) is 1. The maximum Gasteiger partial charge on any atom is 0.213 e. The van der Waals surface area contributed by atoms with Crippen LogP contribution in [0.15, 0.2) is 18.2 Å². The number of pyridine rings is 1. The van der Waals surface area contributed by atoms with Crippen molar-refractivity contribution in [3.05, 3.63) is 23.9 Å². The van der Waals surface area contributed by atoms with Gasteiger partial charge in [0, 0.05) is 38.0 Å². The number of rotatable bonds is 4. The molecular weight excluding hydrogens is 228 g/mol. The standard InChI is InChI=1S/C14H20N2O2/c1-3-11-9-16(8-7-13(11)17)10-12-5-4-6-14(15-12)18-2/h4-6,11H,3,7-10H2,1-2H3. The molecule has 1 aromatic heterocycles. The summed E-state index contributed by atoms with van der Waals surface area (Å²) in [5, 5.41) is 0. The Morgan fingerprint density at radius 3 is 3.06 bits per heavy atom. The minimum atomic E-state index is 0.198. The van der Waals surface area contributed by atoms with Gasteiger partial charge in [-0.3, -0.25) is 9.69 Å². The molecular formula is C14H20N2O2. The lowest BCUT2D eigenvalue weighted by Crippen LogP contribution is -2.40. The summed E-state index contributed by atoms with van der Waals surface area (Å²) in [6, 6.07) is 5.80. The van der Waals surface area contributed by atoms with Crippen molar-refractivity contribution in [3.63, 3.8) is 0 Å². The monoisotopic (exact) mass is 248 g/mol. The van der Waals surface area contributed by atoms with Crippen LogP contribution < -0.4 is 4.74 Å². The molecule has 1 aromatic rings. The van der Waals surface area contributed by atoms with Crippen LogP contribution in [0.25, 0.3) is 0 Å². The predicted octanol–water partition coefficient (Wildman–Crippen LogP) is 1.89. The third-order valence-electron chi connectivity index (χ3n) is 3.48. The quantitative estimate of drug-likeness (QED) is 0.816. The van der Waals surface area contributed by atoms with Crippen molar-refractivity contribution in [2.45, 2.75) is 26.3 Å². The highest BCUT2D eigenvalue weighted by molar-refractivity contribution is 5.82. The number of carbonyl (C=O) groups excluding carboxylic acids is 1. The fourth-order valence-corrected chi connectivity index (χ4v) is 2.37. The molecule has 2 heterocycles. The molecule has 0 amide bonds. The number of aromatic nitrogens is 1. The number of carbonyl (C=O) groups is 1. The van der Waals surface area contributed by atoms with E-state index < -0.39 is 0 Å². The van der Waals surface area contributed by atoms with Crippen LogP contribution in [0.2, 0.25) is 0 Å². The SMILES string of the molecule is CCC1CN(Cc2cccc(OC)n2)CCC1=O. The van der Waals surface area contributed by atoms with Crippen molar-refractivity contribution in [2.24, 2.45) is 5.92 Å². The Balaban J connectivity index is 1.98. The molecule has 98 valence electrons. The van der Waals surface area contributed by atoms with Gasteiger partial charge in [0.15, 0.2) is 0 Å². The predicted molar refractivity (Wildman–Crippen MR) is 69.5 cm³/mol. The van der Waals surface area contributed by atoms with Crippen molar-refractivity contribution in [2.75, 3.05) is 20.2 Å². The summed E-state index contributed by atoms with van der Waals surface area (Å²) in [6.07, 6.45) is 1.60. The van der Waals surface area contributed by atoms with E-state index in [4.69, 9.17) is 4.74 Å². The van der Waals surface area contributed by atoms with Crippen molar-refractivity contribution >= 4 is 5.78 Å². The second-order valence-electron chi connectivity index (χ2n) is 4.73. The molecule has 1 saturated heterocycles. The second kappa shape index (κ2) is 5.96. The smallest absolute Gasteiger partial charge is 0.213 e. The van der Waals surface area contributed by atoms with Gasteiger partial charge in [-0.25, -0.2) is 4.98 Å². The molecule has 4 nitrogen and oxygen atoms in total. The van der Waals surface area contributed by atoms with E-state index in [9.17, 15) is 4.79 Å². The van der Waals surface area contributed by atoms with Gasteiger partial charge in [-0.05, 0) is 12.5 Å². The van der Waals surface area contributed by atoms with E-state index in [1.807, 2.05) is 18.2 Å². The van der Waals surface area contributed by atoms with Crippen molar-refractivity contribution < 1.29 is 9.53 Å². The van der Waals surface area contributed by atoms with Crippen LogP contribution in [0.4, 0.5) is 0 Å². The van der Waals surface area contributed by atoms with E-state index in [-0.39, 0.29) is 5.92 Å². The lowest BCUT2D eigenvalue weighted by Gasteiger charge is -2.30. The number of hydrogen-bond acceptors (Lipinski definition) is 4. The number of Topliss-reactive ketones (excluding diaryl/α,β-unsaturated/α-hetero) is 1. The van der Waals surface area contributed by atoms with Gasteiger partial charge < -0.3 is 4.74 Å². The first-order valence-corrected chi connectivity index (χ1v) is 6.48. The lowest BCUT2D eigenvalue weighted by molar-refractivity contribution is -0.126. The van der Waals surface area contributed by atoms with Gasteiger partial charge in [0.2, 0.25) is 5.88 Å². The van der Waals surface area contributed by atoms with Crippen LogP contribution in [-0.4, -0.2) is 35.9 Å². The zero-order valence-electron chi connectivity index (χ0n) is 11.1. The van der Waals surface area contributed by atoms with Crippen LogP contribution in [-0.2, 0) is 11.3 Å². The molecule has 0 radical (unpaired) electrons. The summed E-state index contributed by atoms with van der Waals surface area (Å²) >= 11 is 0. The Kier molecular flexibility index (Phi) is 4.31. The minimum absolute atomic E-state index is 0.198. The van der Waals surface area contributed by atoms with E-state index in [0.717, 1.165) is 31.7 Å². The number of methoxy groups -OCH3 is 1. The zero-order chi connectivity index (χ0) is 13.0. The van der Waals surface area contributed by atoms with Gasteiger partial charge in [0.05, 0.1) is 12.8 Å². The summed E-state index contributed by atoms with van der Waals surface area (Å²) < 4.78 is 5.12. The molecule has 0 N–H and O–H groups in total. The maximum atomic E-state index is 11.7. The Morgan fingerprint density at radius 1 is 1.50 bits per heavy atom. The Labute approximate surface area is 108 Å². The van der Waals surface area contributed by atoms with Crippen LogP contribution in [0, 0.1) is 5.92 Å². The highest BCUT2D eigenvalue weighted by Crippen LogP contribution is 2.18. The number of ketones is 1. The third-order valence-corrected chi connectivity index (χ3v) is 3.48. The second-order valence-corrected chi connectivity index (χ2v) is 4.73. The fraction of sp³-hybridized carbons (Fsp3) is 0.571. The lowest BCUT2D eigenvalue weighted by atomic mass is 9.94. The molecule has 4 heteroatoms. The molecule has 18 heavy (non-hydrogen) atoms. The van der Waals surface area contributed by atoms with Crippen LogP contribution >= 0.6 is 0 Å². The van der Waals surface area contributed by atoms with Crippen LogP contribution in [0.1, 0.15) is 25.5 Å². The van der Waals surface area contributed by atoms with Crippen LogP contribution in [0.3, 0.4) is 0 Å². The molecule has 1 aliphatic rings. The van der Waals surface area contributed by atoms with E-state index >= 15 is 0 Å². The van der Waals surface area contributed by atoms with E-state index in [2.05, 4.69) is 16.8 Å². The summed E-state index contributed by atoms with van der Waals surface area (Å²) in [5.74, 6) is 1.25. The average molecular weight is 248 g/mol. The fourth-order valence-electron chi connectivity index (χ4n) is 2.37. The Morgan fingerprint density at radius 2 is 2.33 bits per heavy atom. The van der Waals surface area contributed by atoms with Crippen molar-refractivity contribution in [3.8, 4) is 5.88 Å². The van der Waals surface area contributed by atoms with Gasteiger partial charge in [-0.1, -0.05) is 13.0 Å². The first-order chi connectivity index (χ1) is 8.72. The maximum absolute atomic E-state index is 11.7. The number of piperidine rings is 1. The van der Waals surface area contributed by atoms with Gasteiger partial charge in [0.1, 0.15) is 5.78 Å². The zero-order valence-corrected chi connectivity index (χ0v) is 11.1. The van der Waals surface area contributed by atoms with Gasteiger partial charge in [-0.2, -0.15) is 0 Å². The highest BCUT2D eigenvalue weighted by Gasteiger charge is 2.25. The number of nitrogens with zero attached hydrogens (tertiary/aromatic N) is 2. The molecule has 0 bridgehead atoms. The van der Waals surface area contributed by atoms with E-state index in [1.165, 1.54) is 0 Å². The topological polar surface area (TPSA) is 42.4 Å². The first-order valence-electron chi connectivity index (χ1n) is 6.48. The van der Waals surface area contributed by atoms with Gasteiger partial charge in [0.25, 0.3) is 0 Å². The average Bonchev–Trinajstić information content (AvgIpc) is 2.41. The largest absolute Gasteiger partial charge is 0.481 e. The summed E-state index contributed by atoms with van der Waals surface area (Å²) in [4.78, 5) is 18.4. The molecule has 1 fully saturated rings. The molecule has 0 aromatic carbocycles. The Bertz CT molecular complexity index is 420. The van der Waals surface area contributed by atoms with Crippen LogP contribution in [0.5, 0.6) is 5.88 Å². The van der Waals surface area contributed by atoms with Gasteiger partial charge in [-0.15, -0.1) is 0 Å². The summed E-state index contributed by atoms with van der Waals surface area (Å²) in [7, 11) is 1.62. The molecule has 1 unspecified atom stereocenters. The number of hydrogen-bond donors (Lipinski definition) is 0. The van der Waals surface area contributed by atoms with Gasteiger partial charge >= 0.3 is 0 Å². The van der Waals surface area contributed by atoms with Crippen molar-refractivity contribution in [1.82, 2.24) is 9.88 Å². The first kappa shape index (κ1) is 13.0. The van der Waals surface area contributed by atoms with E-state index in [1.54, 1.807) is 7.11 Å². The Hall–Kier alpha value is -1.42. The normalized spacial score (nSPS) is 21.0. The highest BCUT2D eigenvalue weighted by atomic mass is 16.5. The molecule has 1 aliphatic heterocycles. The molecule has 1 atom stereocenters. The summed E-state index contributed by atoms with van der Waals surface area (Å²) in [5.41, 5.74) is 0.999. The third kappa shape index (κ3) is 3.07. The summed E-state index contributed by atoms with van der Waals surface area (Å²) in [6.45, 7) is 4.57. The van der Waals surface area contributed by atoms with Crippen molar-refractivity contribution in [1.29, 1.82) is 0 Å². The molecule has 0 saturated carbocycles. The minimum Gasteiger partial charge on any atom is -0.481 e. The van der Waals surface area contributed by atoms with E-state index in [0.29, 0.717) is 18.1 Å². The molecule has 0 spiro atoms.